The number of hydrogen-bond acceptors (Lipinski definition) is 2. The van der Waals surface area contributed by atoms with Crippen LogP contribution in [0.1, 0.15) is 19.3 Å². The molecule has 13 heavy (non-hydrogen) atoms. The monoisotopic (exact) mass is 196 g/mol. The molecule has 0 heterocycles. The van der Waals surface area contributed by atoms with Crippen LogP contribution in [0.2, 0.25) is 0 Å². The highest BCUT2D eigenvalue weighted by Crippen LogP contribution is 2.34. The van der Waals surface area contributed by atoms with Gasteiger partial charge in [-0.25, -0.2) is 0 Å². The first-order valence-corrected chi connectivity index (χ1v) is 4.45. The number of nitrogens with two attached hydrogens (primary N) is 1. The van der Waals surface area contributed by atoms with Crippen molar-refractivity contribution >= 4 is 0 Å². The van der Waals surface area contributed by atoms with Crippen molar-refractivity contribution in [1.29, 1.82) is 0 Å². The highest BCUT2D eigenvalue weighted by Gasteiger charge is 2.45. The summed E-state index contributed by atoms with van der Waals surface area (Å²) in [6, 6.07) is -1.23. The molecule has 1 atom stereocenters. The van der Waals surface area contributed by atoms with Gasteiger partial charge in [0.2, 0.25) is 0 Å². The first-order valence-electron chi connectivity index (χ1n) is 4.45. The fraction of sp³-hybridized carbons (Fsp3) is 1.00. The van der Waals surface area contributed by atoms with Crippen LogP contribution in [-0.4, -0.2) is 36.8 Å². The van der Waals surface area contributed by atoms with Crippen LogP contribution in [0.25, 0.3) is 0 Å². The Labute approximate surface area is 75.9 Å². The Morgan fingerprint density at radius 3 is 2.31 bits per heavy atom. The standard InChI is InChI=1S/C8H15F3N2/c1-13(6-2-3-6)7(4-5-12)8(9,10)11/h6-7H,2-5,12H2,1H3. The van der Waals surface area contributed by atoms with Gasteiger partial charge in [0.05, 0.1) is 0 Å². The smallest absolute Gasteiger partial charge is 0.330 e. The molecule has 1 rings (SSSR count). The lowest BCUT2D eigenvalue weighted by Crippen LogP contribution is -2.45. The van der Waals surface area contributed by atoms with Crippen molar-refractivity contribution in [3.8, 4) is 0 Å². The molecule has 1 unspecified atom stereocenters. The summed E-state index contributed by atoms with van der Waals surface area (Å²) in [5, 5.41) is 0. The van der Waals surface area contributed by atoms with Crippen LogP contribution >= 0.6 is 0 Å². The first-order chi connectivity index (χ1) is 5.96. The summed E-state index contributed by atoms with van der Waals surface area (Å²) < 4.78 is 37.3. The molecule has 0 aliphatic heterocycles. The fourth-order valence-corrected chi connectivity index (χ4v) is 1.49. The predicted octanol–water partition coefficient (Wildman–Crippen LogP) is 1.36. The minimum absolute atomic E-state index is 0.00347. The van der Waals surface area contributed by atoms with Crippen molar-refractivity contribution in [2.24, 2.45) is 5.73 Å². The zero-order valence-corrected chi connectivity index (χ0v) is 7.64. The second-order valence-electron chi connectivity index (χ2n) is 3.53. The number of nitrogens with zero attached hydrogens (tertiary/aromatic N) is 1. The van der Waals surface area contributed by atoms with Crippen LogP contribution in [0, 0.1) is 0 Å². The van der Waals surface area contributed by atoms with E-state index in [4.69, 9.17) is 5.73 Å². The van der Waals surface area contributed by atoms with Gasteiger partial charge in [0.15, 0.2) is 0 Å². The lowest BCUT2D eigenvalue weighted by atomic mass is 10.1. The Bertz CT molecular complexity index is 165. The molecule has 0 saturated heterocycles. The molecule has 1 fully saturated rings. The Hall–Kier alpha value is -0.290. The fourth-order valence-electron chi connectivity index (χ4n) is 1.49. The summed E-state index contributed by atoms with van der Waals surface area (Å²) in [6.45, 7) is 0.0846. The second-order valence-corrected chi connectivity index (χ2v) is 3.53. The average molecular weight is 196 g/mol. The Morgan fingerprint density at radius 2 is 2.00 bits per heavy atom. The van der Waals surface area contributed by atoms with E-state index in [1.54, 1.807) is 0 Å². The van der Waals surface area contributed by atoms with Crippen molar-refractivity contribution in [2.75, 3.05) is 13.6 Å². The van der Waals surface area contributed by atoms with Gasteiger partial charge in [-0.1, -0.05) is 0 Å². The van der Waals surface area contributed by atoms with Crippen molar-refractivity contribution in [2.45, 2.75) is 37.5 Å². The summed E-state index contributed by atoms with van der Waals surface area (Å²) in [7, 11) is 1.53. The summed E-state index contributed by atoms with van der Waals surface area (Å²) in [6.07, 6.45) is -2.38. The largest absolute Gasteiger partial charge is 0.404 e. The molecule has 1 saturated carbocycles. The van der Waals surface area contributed by atoms with Crippen molar-refractivity contribution in [3.05, 3.63) is 0 Å². The van der Waals surface area contributed by atoms with Crippen LogP contribution in [0.3, 0.4) is 0 Å². The van der Waals surface area contributed by atoms with E-state index in [2.05, 4.69) is 0 Å². The van der Waals surface area contributed by atoms with Gasteiger partial charge < -0.3 is 5.73 Å². The molecule has 0 spiro atoms. The lowest BCUT2D eigenvalue weighted by molar-refractivity contribution is -0.182. The maximum Gasteiger partial charge on any atom is 0.404 e. The molecule has 0 amide bonds. The highest BCUT2D eigenvalue weighted by molar-refractivity contribution is 4.89. The van der Waals surface area contributed by atoms with Gasteiger partial charge in [0, 0.05) is 6.04 Å². The molecular weight excluding hydrogens is 181 g/mol. The van der Waals surface area contributed by atoms with Gasteiger partial charge in [-0.05, 0) is 32.9 Å². The van der Waals surface area contributed by atoms with E-state index in [1.807, 2.05) is 0 Å². The summed E-state index contributed by atoms with van der Waals surface area (Å²) in [5.41, 5.74) is 5.16. The van der Waals surface area contributed by atoms with Gasteiger partial charge in [-0.2, -0.15) is 13.2 Å². The van der Waals surface area contributed by atoms with Crippen LogP contribution in [0.4, 0.5) is 13.2 Å². The summed E-state index contributed by atoms with van der Waals surface area (Å²) in [5.74, 6) is 0. The third-order valence-corrected chi connectivity index (χ3v) is 2.43. The second kappa shape index (κ2) is 3.84. The van der Waals surface area contributed by atoms with Gasteiger partial charge in [-0.3, -0.25) is 4.90 Å². The van der Waals surface area contributed by atoms with Crippen LogP contribution in [-0.2, 0) is 0 Å². The third kappa shape index (κ3) is 2.84. The lowest BCUT2D eigenvalue weighted by Gasteiger charge is -2.29. The number of hydrogen-bond donors (Lipinski definition) is 1. The molecule has 0 bridgehead atoms. The molecule has 1 aliphatic rings. The average Bonchev–Trinajstić information content (AvgIpc) is 2.78. The van der Waals surface area contributed by atoms with Gasteiger partial charge >= 0.3 is 6.18 Å². The minimum Gasteiger partial charge on any atom is -0.330 e. The predicted molar refractivity (Wildman–Crippen MR) is 44.3 cm³/mol. The zero-order valence-electron chi connectivity index (χ0n) is 7.64. The zero-order chi connectivity index (χ0) is 10.1. The van der Waals surface area contributed by atoms with E-state index < -0.39 is 12.2 Å². The first kappa shape index (κ1) is 10.8. The molecule has 1 aliphatic carbocycles. The topological polar surface area (TPSA) is 29.3 Å². The number of alkyl halides is 3. The van der Waals surface area contributed by atoms with Crippen LogP contribution < -0.4 is 5.73 Å². The van der Waals surface area contributed by atoms with Crippen molar-refractivity contribution < 1.29 is 13.2 Å². The van der Waals surface area contributed by atoms with Gasteiger partial charge in [0.1, 0.15) is 6.04 Å². The van der Waals surface area contributed by atoms with Crippen LogP contribution in [0.15, 0.2) is 0 Å². The van der Waals surface area contributed by atoms with E-state index in [9.17, 15) is 13.2 Å². The third-order valence-electron chi connectivity index (χ3n) is 2.43. The van der Waals surface area contributed by atoms with E-state index in [1.165, 1.54) is 11.9 Å². The number of rotatable bonds is 4. The summed E-state index contributed by atoms with van der Waals surface area (Å²) in [4.78, 5) is 1.41. The van der Waals surface area contributed by atoms with Gasteiger partial charge in [0.25, 0.3) is 0 Å². The van der Waals surface area contributed by atoms with E-state index in [0.717, 1.165) is 12.8 Å². The molecule has 0 aromatic rings. The van der Waals surface area contributed by atoms with E-state index in [0.29, 0.717) is 0 Å². The molecule has 5 heteroatoms. The molecule has 0 aromatic carbocycles. The Kier molecular flexibility index (Phi) is 3.18. The molecular formula is C8H15F3N2. The number of halogens is 3. The highest BCUT2D eigenvalue weighted by atomic mass is 19.4. The Morgan fingerprint density at radius 1 is 1.46 bits per heavy atom. The molecule has 0 radical (unpaired) electrons. The minimum atomic E-state index is -4.14. The van der Waals surface area contributed by atoms with E-state index >= 15 is 0 Å². The van der Waals surface area contributed by atoms with E-state index in [-0.39, 0.29) is 19.0 Å². The van der Waals surface area contributed by atoms with Gasteiger partial charge in [-0.15, -0.1) is 0 Å². The SMILES string of the molecule is CN(C1CC1)C(CCN)C(F)(F)F. The normalized spacial score (nSPS) is 20.8. The van der Waals surface area contributed by atoms with Crippen LogP contribution in [0.5, 0.6) is 0 Å². The Balaban J connectivity index is 2.54. The molecule has 2 nitrogen and oxygen atoms in total. The summed E-state index contributed by atoms with van der Waals surface area (Å²) >= 11 is 0. The maximum atomic E-state index is 12.4. The van der Waals surface area contributed by atoms with Crippen molar-refractivity contribution in [1.82, 2.24) is 4.90 Å². The maximum absolute atomic E-state index is 12.4. The molecule has 2 N–H and O–H groups in total. The van der Waals surface area contributed by atoms with Crippen molar-refractivity contribution in [3.63, 3.8) is 0 Å². The molecule has 78 valence electrons. The quantitative estimate of drug-likeness (QED) is 0.735. The molecule has 0 aromatic heterocycles.